The van der Waals surface area contributed by atoms with Gasteiger partial charge in [0.25, 0.3) is 11.6 Å². The molecule has 130 valence electrons. The van der Waals surface area contributed by atoms with E-state index < -0.39 is 16.8 Å². The Labute approximate surface area is 147 Å². The van der Waals surface area contributed by atoms with Crippen molar-refractivity contribution in [2.45, 2.75) is 0 Å². The molecule has 0 aliphatic rings. The molecule has 0 fully saturated rings. The number of hydrogen-bond acceptors (Lipinski definition) is 6. The highest BCUT2D eigenvalue weighted by molar-refractivity contribution is 6.06. The van der Waals surface area contributed by atoms with Crippen LogP contribution in [-0.4, -0.2) is 28.9 Å². The number of rotatable bonds is 4. The quantitative estimate of drug-likeness (QED) is 0.439. The molecule has 0 spiro atoms. The molecule has 8 nitrogen and oxygen atoms in total. The number of carbonyl (C=O) groups is 2. The number of nitrogens with one attached hydrogen (secondary N) is 1. The van der Waals surface area contributed by atoms with Crippen LogP contribution in [0.2, 0.25) is 0 Å². The minimum atomic E-state index is -0.772. The normalized spacial score (nSPS) is 10.3. The predicted octanol–water partition coefficient (Wildman–Crippen LogP) is 3.18. The van der Waals surface area contributed by atoms with Crippen LogP contribution in [-0.2, 0) is 4.74 Å². The largest absolute Gasteiger partial charge is 0.465 e. The van der Waals surface area contributed by atoms with Gasteiger partial charge in [0.15, 0.2) is 0 Å². The number of carbonyl (C=O) groups excluding carboxylic acids is 2. The second-order valence-corrected chi connectivity index (χ2v) is 5.36. The zero-order chi connectivity index (χ0) is 18.7. The zero-order valence-electron chi connectivity index (χ0n) is 13.6. The predicted molar refractivity (Wildman–Crippen MR) is 94.1 cm³/mol. The number of benzene rings is 2. The molecule has 8 heteroatoms. The summed E-state index contributed by atoms with van der Waals surface area (Å²) in [5, 5.41) is 14.5. The van der Waals surface area contributed by atoms with Gasteiger partial charge in [-0.25, -0.2) is 9.78 Å². The molecular weight excluding hydrogens is 338 g/mol. The SMILES string of the molecule is COC(=O)c1cc(C(=O)Nc2ccc3ccccc3n2)cc([N+](=O)[O-])c1. The molecule has 0 saturated carbocycles. The summed E-state index contributed by atoms with van der Waals surface area (Å²) < 4.78 is 4.57. The van der Waals surface area contributed by atoms with E-state index in [-0.39, 0.29) is 16.8 Å². The topological polar surface area (TPSA) is 111 Å². The number of anilines is 1. The fraction of sp³-hybridized carbons (Fsp3) is 0.0556. The van der Waals surface area contributed by atoms with Gasteiger partial charge in [0, 0.05) is 23.1 Å². The minimum Gasteiger partial charge on any atom is -0.465 e. The summed E-state index contributed by atoms with van der Waals surface area (Å²) >= 11 is 0. The van der Waals surface area contributed by atoms with Crippen molar-refractivity contribution in [3.8, 4) is 0 Å². The van der Waals surface area contributed by atoms with Crippen LogP contribution in [0.4, 0.5) is 11.5 Å². The summed E-state index contributed by atoms with van der Waals surface area (Å²) in [6.07, 6.45) is 0. The van der Waals surface area contributed by atoms with Crippen LogP contribution < -0.4 is 5.32 Å². The Hall–Kier alpha value is -3.81. The number of methoxy groups -OCH3 is 1. The first-order chi connectivity index (χ1) is 12.5. The lowest BCUT2D eigenvalue weighted by Crippen LogP contribution is -2.14. The summed E-state index contributed by atoms with van der Waals surface area (Å²) in [5.41, 5.74) is 0.178. The smallest absolute Gasteiger partial charge is 0.338 e. The second kappa shape index (κ2) is 6.98. The molecule has 0 atom stereocenters. The van der Waals surface area contributed by atoms with Gasteiger partial charge in [0.05, 0.1) is 23.1 Å². The molecule has 1 amide bonds. The number of hydrogen-bond donors (Lipinski definition) is 1. The Morgan fingerprint density at radius 2 is 1.81 bits per heavy atom. The van der Waals surface area contributed by atoms with Gasteiger partial charge in [-0.05, 0) is 24.3 Å². The van der Waals surface area contributed by atoms with Crippen LogP contribution >= 0.6 is 0 Å². The van der Waals surface area contributed by atoms with Crippen molar-refractivity contribution in [3.05, 3.63) is 75.8 Å². The summed E-state index contributed by atoms with van der Waals surface area (Å²) in [4.78, 5) is 38.8. The maximum atomic E-state index is 12.5. The second-order valence-electron chi connectivity index (χ2n) is 5.36. The number of pyridine rings is 1. The molecule has 1 heterocycles. The molecule has 0 aliphatic carbocycles. The Morgan fingerprint density at radius 3 is 2.54 bits per heavy atom. The van der Waals surface area contributed by atoms with Crippen LogP contribution in [0.25, 0.3) is 10.9 Å². The van der Waals surface area contributed by atoms with Gasteiger partial charge in [-0.15, -0.1) is 0 Å². The van der Waals surface area contributed by atoms with Crippen molar-refractivity contribution in [3.63, 3.8) is 0 Å². The average molecular weight is 351 g/mol. The van der Waals surface area contributed by atoms with Gasteiger partial charge in [-0.2, -0.15) is 0 Å². The Balaban J connectivity index is 1.93. The van der Waals surface area contributed by atoms with E-state index in [1.54, 1.807) is 18.2 Å². The summed E-state index contributed by atoms with van der Waals surface area (Å²) in [6.45, 7) is 0. The number of ether oxygens (including phenoxy) is 1. The van der Waals surface area contributed by atoms with E-state index in [0.717, 1.165) is 24.6 Å². The summed E-state index contributed by atoms with van der Waals surface area (Å²) in [6, 6.07) is 14.2. The van der Waals surface area contributed by atoms with E-state index in [1.807, 2.05) is 18.2 Å². The van der Waals surface area contributed by atoms with Crippen molar-refractivity contribution in [1.82, 2.24) is 4.98 Å². The molecule has 3 aromatic rings. The first-order valence-electron chi connectivity index (χ1n) is 7.53. The van der Waals surface area contributed by atoms with Gasteiger partial charge >= 0.3 is 5.97 Å². The maximum absolute atomic E-state index is 12.5. The molecule has 0 bridgehead atoms. The van der Waals surface area contributed by atoms with Crippen molar-refractivity contribution in [1.29, 1.82) is 0 Å². The van der Waals surface area contributed by atoms with Crippen molar-refractivity contribution >= 4 is 34.3 Å². The molecule has 26 heavy (non-hydrogen) atoms. The summed E-state index contributed by atoms with van der Waals surface area (Å²) in [7, 11) is 1.15. The number of nitro groups is 1. The van der Waals surface area contributed by atoms with E-state index in [9.17, 15) is 19.7 Å². The number of para-hydroxylation sites is 1. The molecule has 1 N–H and O–H groups in total. The number of non-ortho nitro benzene ring substituents is 1. The van der Waals surface area contributed by atoms with E-state index in [1.165, 1.54) is 6.07 Å². The summed E-state index contributed by atoms with van der Waals surface area (Å²) in [5.74, 6) is -1.10. The van der Waals surface area contributed by atoms with E-state index in [2.05, 4.69) is 15.0 Å². The van der Waals surface area contributed by atoms with Gasteiger partial charge < -0.3 is 10.1 Å². The van der Waals surface area contributed by atoms with Crippen LogP contribution in [0.3, 0.4) is 0 Å². The molecule has 0 saturated heterocycles. The lowest BCUT2D eigenvalue weighted by Gasteiger charge is -2.07. The number of nitro benzene ring substituents is 1. The lowest BCUT2D eigenvalue weighted by atomic mass is 10.1. The number of nitrogens with zero attached hydrogens (tertiary/aromatic N) is 2. The van der Waals surface area contributed by atoms with Crippen LogP contribution in [0.5, 0.6) is 0 Å². The molecule has 0 unspecified atom stereocenters. The molecule has 2 aromatic carbocycles. The standard InChI is InChI=1S/C18H13N3O5/c1-26-18(23)13-8-12(9-14(10-13)21(24)25)17(22)20-16-7-6-11-4-2-3-5-15(11)19-16/h2-10H,1H3,(H,19,20,22). The van der Waals surface area contributed by atoms with Crippen LogP contribution in [0.15, 0.2) is 54.6 Å². The number of fused-ring (bicyclic) bond motifs is 1. The van der Waals surface area contributed by atoms with Gasteiger partial charge in [-0.1, -0.05) is 18.2 Å². The van der Waals surface area contributed by atoms with Crippen molar-refractivity contribution < 1.29 is 19.2 Å². The third-order valence-corrected chi connectivity index (χ3v) is 3.65. The molecule has 0 radical (unpaired) electrons. The molecule has 0 aliphatic heterocycles. The average Bonchev–Trinajstić information content (AvgIpc) is 2.66. The van der Waals surface area contributed by atoms with Crippen LogP contribution in [0.1, 0.15) is 20.7 Å². The molecular formula is C18H13N3O5. The number of amides is 1. The van der Waals surface area contributed by atoms with Crippen LogP contribution in [0, 0.1) is 10.1 Å². The minimum absolute atomic E-state index is 0.0467. The monoisotopic (exact) mass is 351 g/mol. The highest BCUT2D eigenvalue weighted by Crippen LogP contribution is 2.20. The first-order valence-corrected chi connectivity index (χ1v) is 7.53. The fourth-order valence-corrected chi connectivity index (χ4v) is 2.41. The highest BCUT2D eigenvalue weighted by Gasteiger charge is 2.18. The van der Waals surface area contributed by atoms with Crippen molar-refractivity contribution in [2.24, 2.45) is 0 Å². The van der Waals surface area contributed by atoms with Gasteiger partial charge in [0.1, 0.15) is 5.82 Å². The molecule has 1 aromatic heterocycles. The Morgan fingerprint density at radius 1 is 1.08 bits per heavy atom. The Bertz CT molecular complexity index is 1030. The zero-order valence-corrected chi connectivity index (χ0v) is 13.6. The fourth-order valence-electron chi connectivity index (χ4n) is 2.41. The third-order valence-electron chi connectivity index (χ3n) is 3.65. The van der Waals surface area contributed by atoms with Gasteiger partial charge in [0.2, 0.25) is 0 Å². The number of esters is 1. The highest BCUT2D eigenvalue weighted by atomic mass is 16.6. The van der Waals surface area contributed by atoms with E-state index in [0.29, 0.717) is 11.3 Å². The van der Waals surface area contributed by atoms with E-state index in [4.69, 9.17) is 0 Å². The van der Waals surface area contributed by atoms with Crippen molar-refractivity contribution in [2.75, 3.05) is 12.4 Å². The Kier molecular flexibility index (Phi) is 4.57. The van der Waals surface area contributed by atoms with E-state index >= 15 is 0 Å². The first kappa shape index (κ1) is 17.0. The maximum Gasteiger partial charge on any atom is 0.338 e. The molecule has 3 rings (SSSR count). The third kappa shape index (κ3) is 3.48. The number of aromatic nitrogens is 1. The lowest BCUT2D eigenvalue weighted by molar-refractivity contribution is -0.384. The van der Waals surface area contributed by atoms with Gasteiger partial charge in [-0.3, -0.25) is 14.9 Å².